The Bertz CT molecular complexity index is 290. The van der Waals surface area contributed by atoms with Crippen molar-refractivity contribution in [2.45, 2.75) is 0 Å². The maximum absolute atomic E-state index is 8.81. The Balaban J connectivity index is 2.73. The topological polar surface area (TPSA) is 62.6 Å². The molecule has 0 atom stereocenters. The zero-order valence-corrected chi connectivity index (χ0v) is 7.05. The maximum atomic E-state index is 8.81. The van der Waals surface area contributed by atoms with Crippen LogP contribution in [0.25, 0.3) is 0 Å². The Morgan fingerprint density at radius 1 is 1.54 bits per heavy atom. The lowest BCUT2D eigenvalue weighted by Crippen LogP contribution is -2.30. The third-order valence-corrected chi connectivity index (χ3v) is 1.40. The highest BCUT2D eigenvalue weighted by Crippen LogP contribution is 2.04. The van der Waals surface area contributed by atoms with E-state index in [9.17, 15) is 0 Å². The molecule has 0 unspecified atom stereocenters. The molecule has 1 aromatic heterocycles. The van der Waals surface area contributed by atoms with Crippen molar-refractivity contribution in [3.8, 4) is 5.75 Å². The number of hydrogen-bond acceptors (Lipinski definition) is 4. The van der Waals surface area contributed by atoms with Gasteiger partial charge in [-0.3, -0.25) is 4.98 Å². The van der Waals surface area contributed by atoms with Gasteiger partial charge in [-0.1, -0.05) is 12.7 Å². The number of nitrogens with zero attached hydrogens (tertiary/aromatic N) is 1. The Hall–Kier alpha value is -1.33. The van der Waals surface area contributed by atoms with E-state index in [-0.39, 0.29) is 0 Å². The summed E-state index contributed by atoms with van der Waals surface area (Å²) in [6.45, 7) is 3.86. The average molecular weight is 179 g/mol. The number of pyridine rings is 1. The first-order valence-corrected chi connectivity index (χ1v) is 3.79. The summed E-state index contributed by atoms with van der Waals surface area (Å²) in [6, 6.07) is 1.52. The van der Waals surface area contributed by atoms with Crippen molar-refractivity contribution in [2.75, 3.05) is 6.61 Å². The summed E-state index contributed by atoms with van der Waals surface area (Å²) in [5, 5.41) is 17.6. The average Bonchev–Trinajstić information content (AvgIpc) is 2.15. The van der Waals surface area contributed by atoms with Crippen molar-refractivity contribution in [1.82, 2.24) is 4.98 Å². The van der Waals surface area contributed by atoms with Gasteiger partial charge >= 0.3 is 7.12 Å². The maximum Gasteiger partial charge on any atom is 0.490 e. The minimum Gasteiger partial charge on any atom is -0.488 e. The molecular formula is C8H10BNO3. The van der Waals surface area contributed by atoms with E-state index >= 15 is 0 Å². The van der Waals surface area contributed by atoms with Crippen LogP contribution < -0.4 is 10.2 Å². The molecule has 1 heterocycles. The van der Waals surface area contributed by atoms with E-state index in [0.717, 1.165) is 0 Å². The molecular weight excluding hydrogens is 169 g/mol. The molecule has 1 rings (SSSR count). The quantitative estimate of drug-likeness (QED) is 0.475. The molecule has 0 aromatic carbocycles. The van der Waals surface area contributed by atoms with Gasteiger partial charge in [0.15, 0.2) is 0 Å². The summed E-state index contributed by atoms with van der Waals surface area (Å²) in [5.74, 6) is 0.491. The first kappa shape index (κ1) is 9.76. The minimum absolute atomic E-state index is 0.307. The van der Waals surface area contributed by atoms with Gasteiger partial charge in [0, 0.05) is 11.7 Å². The standard InChI is InChI=1S/C8H10BNO3/c1-2-3-13-8-4-7(9(11)12)5-10-6-8/h2,4-6,11-12H,1,3H2. The summed E-state index contributed by atoms with van der Waals surface area (Å²) in [4.78, 5) is 3.78. The van der Waals surface area contributed by atoms with Crippen molar-refractivity contribution in [3.63, 3.8) is 0 Å². The van der Waals surface area contributed by atoms with Gasteiger partial charge in [-0.15, -0.1) is 0 Å². The van der Waals surface area contributed by atoms with Gasteiger partial charge in [-0.2, -0.15) is 0 Å². The van der Waals surface area contributed by atoms with Gasteiger partial charge < -0.3 is 14.8 Å². The predicted molar refractivity (Wildman–Crippen MR) is 49.8 cm³/mol. The van der Waals surface area contributed by atoms with Crippen molar-refractivity contribution in [1.29, 1.82) is 0 Å². The molecule has 0 saturated carbocycles. The van der Waals surface area contributed by atoms with Crippen LogP contribution in [-0.2, 0) is 0 Å². The van der Waals surface area contributed by atoms with Crippen LogP contribution in [0.15, 0.2) is 31.1 Å². The molecule has 0 spiro atoms. The molecule has 0 radical (unpaired) electrons. The fraction of sp³-hybridized carbons (Fsp3) is 0.125. The number of ether oxygens (including phenoxy) is 1. The smallest absolute Gasteiger partial charge is 0.488 e. The molecule has 13 heavy (non-hydrogen) atoms. The van der Waals surface area contributed by atoms with E-state index in [4.69, 9.17) is 14.8 Å². The molecule has 0 aliphatic rings. The summed E-state index contributed by atoms with van der Waals surface area (Å²) in [5.41, 5.74) is 0.307. The highest BCUT2D eigenvalue weighted by Gasteiger charge is 2.11. The zero-order chi connectivity index (χ0) is 9.68. The van der Waals surface area contributed by atoms with Crippen LogP contribution in [0.2, 0.25) is 0 Å². The molecule has 0 amide bonds. The SMILES string of the molecule is C=CCOc1cncc(B(O)O)c1. The summed E-state index contributed by atoms with van der Waals surface area (Å²) in [6.07, 6.45) is 4.46. The van der Waals surface area contributed by atoms with Crippen LogP contribution in [0.5, 0.6) is 5.75 Å². The van der Waals surface area contributed by atoms with E-state index in [2.05, 4.69) is 11.6 Å². The van der Waals surface area contributed by atoms with E-state index < -0.39 is 7.12 Å². The largest absolute Gasteiger partial charge is 0.490 e. The van der Waals surface area contributed by atoms with Crippen LogP contribution in [-0.4, -0.2) is 28.8 Å². The predicted octanol–water partition coefficient (Wildman–Crippen LogP) is -0.674. The zero-order valence-electron chi connectivity index (χ0n) is 7.05. The van der Waals surface area contributed by atoms with E-state index in [1.807, 2.05) is 0 Å². The van der Waals surface area contributed by atoms with Crippen LogP contribution in [0, 0.1) is 0 Å². The number of hydrogen-bond donors (Lipinski definition) is 2. The second kappa shape index (κ2) is 4.64. The highest BCUT2D eigenvalue weighted by atomic mass is 16.5. The summed E-state index contributed by atoms with van der Waals surface area (Å²) < 4.78 is 5.14. The lowest BCUT2D eigenvalue weighted by Gasteiger charge is -2.04. The fourth-order valence-electron chi connectivity index (χ4n) is 0.811. The molecule has 2 N–H and O–H groups in total. The Morgan fingerprint density at radius 2 is 2.31 bits per heavy atom. The van der Waals surface area contributed by atoms with Gasteiger partial charge in [-0.05, 0) is 6.07 Å². The van der Waals surface area contributed by atoms with E-state index in [0.29, 0.717) is 17.8 Å². The fourth-order valence-corrected chi connectivity index (χ4v) is 0.811. The van der Waals surface area contributed by atoms with Gasteiger partial charge in [0.1, 0.15) is 12.4 Å². The molecule has 68 valence electrons. The Labute approximate surface area is 76.7 Å². The normalized spacial score (nSPS) is 9.38. The van der Waals surface area contributed by atoms with E-state index in [1.54, 1.807) is 6.08 Å². The first-order valence-electron chi connectivity index (χ1n) is 3.79. The van der Waals surface area contributed by atoms with Crippen molar-refractivity contribution in [3.05, 3.63) is 31.1 Å². The van der Waals surface area contributed by atoms with Gasteiger partial charge in [0.2, 0.25) is 0 Å². The van der Waals surface area contributed by atoms with Gasteiger partial charge in [-0.25, -0.2) is 0 Å². The van der Waals surface area contributed by atoms with Gasteiger partial charge in [0.25, 0.3) is 0 Å². The second-order valence-corrected chi connectivity index (χ2v) is 2.43. The van der Waals surface area contributed by atoms with Crippen molar-refractivity contribution in [2.24, 2.45) is 0 Å². The first-order chi connectivity index (χ1) is 6.24. The number of rotatable bonds is 4. The lowest BCUT2D eigenvalue weighted by molar-refractivity contribution is 0.361. The Morgan fingerprint density at radius 3 is 2.92 bits per heavy atom. The molecule has 0 aliphatic carbocycles. The molecule has 0 saturated heterocycles. The van der Waals surface area contributed by atoms with Crippen LogP contribution in [0.4, 0.5) is 0 Å². The molecule has 0 bridgehead atoms. The monoisotopic (exact) mass is 179 g/mol. The summed E-state index contributed by atoms with van der Waals surface area (Å²) in [7, 11) is -1.51. The van der Waals surface area contributed by atoms with Gasteiger partial charge in [0.05, 0.1) is 6.20 Å². The third kappa shape index (κ3) is 2.89. The minimum atomic E-state index is -1.51. The Kier molecular flexibility index (Phi) is 3.48. The molecule has 0 fully saturated rings. The summed E-state index contributed by atoms with van der Waals surface area (Å²) >= 11 is 0. The number of aromatic nitrogens is 1. The third-order valence-electron chi connectivity index (χ3n) is 1.40. The van der Waals surface area contributed by atoms with Crippen LogP contribution >= 0.6 is 0 Å². The van der Waals surface area contributed by atoms with Crippen LogP contribution in [0.1, 0.15) is 0 Å². The molecule has 0 aliphatic heterocycles. The molecule has 5 heteroatoms. The van der Waals surface area contributed by atoms with Crippen molar-refractivity contribution < 1.29 is 14.8 Å². The van der Waals surface area contributed by atoms with Crippen molar-refractivity contribution >= 4 is 12.6 Å². The van der Waals surface area contributed by atoms with E-state index in [1.165, 1.54) is 18.5 Å². The molecule has 4 nitrogen and oxygen atoms in total. The second-order valence-electron chi connectivity index (χ2n) is 2.43. The molecule has 1 aromatic rings. The lowest BCUT2D eigenvalue weighted by atomic mass is 9.82. The highest BCUT2D eigenvalue weighted by molar-refractivity contribution is 6.58. The van der Waals surface area contributed by atoms with Crippen LogP contribution in [0.3, 0.4) is 0 Å².